The Morgan fingerprint density at radius 3 is 2.75 bits per heavy atom. The van der Waals surface area contributed by atoms with E-state index in [9.17, 15) is 0 Å². The molecule has 0 aromatic heterocycles. The van der Waals surface area contributed by atoms with E-state index >= 15 is 0 Å². The number of para-hydroxylation sites is 1. The summed E-state index contributed by atoms with van der Waals surface area (Å²) in [6, 6.07) is 8.08. The van der Waals surface area contributed by atoms with Gasteiger partial charge in [-0.05, 0) is 6.07 Å². The summed E-state index contributed by atoms with van der Waals surface area (Å²) in [5.74, 6) is 1.02. The third kappa shape index (κ3) is 1.98. The Morgan fingerprint density at radius 2 is 2.00 bits per heavy atom. The molecule has 0 saturated carbocycles. The minimum Gasteiger partial charge on any atom is -0.478 e. The second kappa shape index (κ2) is 4.78. The van der Waals surface area contributed by atoms with E-state index in [0.29, 0.717) is 6.73 Å². The van der Waals surface area contributed by atoms with E-state index < -0.39 is 0 Å². The maximum absolute atomic E-state index is 5.31. The van der Waals surface area contributed by atoms with Gasteiger partial charge in [0.25, 0.3) is 0 Å². The normalized spacial score (nSPS) is 13.5. The highest BCUT2D eigenvalue weighted by Gasteiger charge is 2.05. The molecule has 2 heteroatoms. The van der Waals surface area contributed by atoms with E-state index in [1.807, 2.05) is 32.0 Å². The molecule has 1 aromatic rings. The number of nitrogens with one attached hydrogen (secondary N) is 1. The fraction of sp³-hybridized carbons (Fsp3) is 0.400. The SMILES string of the molecule is CC.c1ccc2c(c1)CNCO2. The van der Waals surface area contributed by atoms with Crippen LogP contribution in [0.15, 0.2) is 24.3 Å². The standard InChI is InChI=1S/C8H9NO.C2H6/c1-2-4-8-7(3-1)5-9-6-10-8;1-2/h1-4,9H,5-6H2;1-2H3. The summed E-state index contributed by atoms with van der Waals surface area (Å²) in [5, 5.41) is 3.12. The predicted octanol–water partition coefficient (Wildman–Crippen LogP) is 2.15. The molecule has 0 aliphatic carbocycles. The van der Waals surface area contributed by atoms with Crippen LogP contribution in [0.3, 0.4) is 0 Å². The maximum atomic E-state index is 5.31. The summed E-state index contributed by atoms with van der Waals surface area (Å²) < 4.78 is 5.31. The Bertz CT molecular complexity index is 210. The summed E-state index contributed by atoms with van der Waals surface area (Å²) in [7, 11) is 0. The molecule has 0 radical (unpaired) electrons. The van der Waals surface area contributed by atoms with Gasteiger partial charge in [0.1, 0.15) is 12.5 Å². The van der Waals surface area contributed by atoms with Crippen molar-refractivity contribution in [2.75, 3.05) is 6.73 Å². The molecule has 66 valence electrons. The molecule has 12 heavy (non-hydrogen) atoms. The first-order valence-electron chi connectivity index (χ1n) is 4.38. The van der Waals surface area contributed by atoms with Crippen molar-refractivity contribution in [3.8, 4) is 5.75 Å². The second-order valence-corrected chi connectivity index (χ2v) is 2.32. The van der Waals surface area contributed by atoms with Gasteiger partial charge in [0.15, 0.2) is 0 Å². The Labute approximate surface area is 73.6 Å². The lowest BCUT2D eigenvalue weighted by atomic mass is 10.2. The molecule has 2 nitrogen and oxygen atoms in total. The molecule has 1 aliphatic rings. The van der Waals surface area contributed by atoms with Gasteiger partial charge < -0.3 is 4.74 Å². The summed E-state index contributed by atoms with van der Waals surface area (Å²) >= 11 is 0. The number of fused-ring (bicyclic) bond motifs is 1. The molecule has 0 unspecified atom stereocenters. The van der Waals surface area contributed by atoms with Gasteiger partial charge in [0, 0.05) is 12.1 Å². The molecule has 2 rings (SSSR count). The van der Waals surface area contributed by atoms with E-state index in [4.69, 9.17) is 4.74 Å². The van der Waals surface area contributed by atoms with Crippen molar-refractivity contribution in [1.82, 2.24) is 5.32 Å². The van der Waals surface area contributed by atoms with E-state index in [0.717, 1.165) is 12.3 Å². The first-order chi connectivity index (χ1) is 5.97. The van der Waals surface area contributed by atoms with Crippen molar-refractivity contribution >= 4 is 0 Å². The predicted molar refractivity (Wildman–Crippen MR) is 50.1 cm³/mol. The molecule has 0 bridgehead atoms. The molecule has 1 N–H and O–H groups in total. The van der Waals surface area contributed by atoms with Crippen LogP contribution in [0.1, 0.15) is 19.4 Å². The summed E-state index contributed by atoms with van der Waals surface area (Å²) in [4.78, 5) is 0. The van der Waals surface area contributed by atoms with Crippen LogP contribution in [-0.4, -0.2) is 6.73 Å². The Kier molecular flexibility index (Phi) is 3.61. The molecule has 0 saturated heterocycles. The third-order valence-corrected chi connectivity index (χ3v) is 1.62. The lowest BCUT2D eigenvalue weighted by Crippen LogP contribution is -2.24. The Balaban J connectivity index is 0.000000336. The zero-order valence-electron chi connectivity index (χ0n) is 7.63. The van der Waals surface area contributed by atoms with Gasteiger partial charge >= 0.3 is 0 Å². The van der Waals surface area contributed by atoms with E-state index in [1.165, 1.54) is 5.56 Å². The van der Waals surface area contributed by atoms with Gasteiger partial charge in [-0.1, -0.05) is 32.0 Å². The van der Waals surface area contributed by atoms with Gasteiger partial charge in [-0.25, -0.2) is 0 Å². The number of rotatable bonds is 0. The second-order valence-electron chi connectivity index (χ2n) is 2.32. The van der Waals surface area contributed by atoms with Crippen molar-refractivity contribution in [3.63, 3.8) is 0 Å². The first kappa shape index (κ1) is 9.07. The molecular formula is C10H15NO. The number of hydrogen-bond acceptors (Lipinski definition) is 2. The smallest absolute Gasteiger partial charge is 0.139 e. The van der Waals surface area contributed by atoms with Gasteiger partial charge in [0.2, 0.25) is 0 Å². The van der Waals surface area contributed by atoms with Gasteiger partial charge in [-0.15, -0.1) is 0 Å². The van der Waals surface area contributed by atoms with Crippen LogP contribution in [0.2, 0.25) is 0 Å². The average molecular weight is 165 g/mol. The fourth-order valence-corrected chi connectivity index (χ4v) is 1.11. The number of ether oxygens (including phenoxy) is 1. The zero-order chi connectivity index (χ0) is 8.81. The van der Waals surface area contributed by atoms with Crippen molar-refractivity contribution < 1.29 is 4.74 Å². The molecule has 0 atom stereocenters. The highest BCUT2D eigenvalue weighted by Crippen LogP contribution is 2.19. The average Bonchev–Trinajstić information content (AvgIpc) is 2.21. The van der Waals surface area contributed by atoms with Gasteiger partial charge in [-0.2, -0.15) is 0 Å². The minimum atomic E-state index is 0.636. The minimum absolute atomic E-state index is 0.636. The summed E-state index contributed by atoms with van der Waals surface area (Å²) in [6.07, 6.45) is 0. The molecule has 0 spiro atoms. The lowest BCUT2D eigenvalue weighted by Gasteiger charge is -2.17. The highest BCUT2D eigenvalue weighted by atomic mass is 16.5. The van der Waals surface area contributed by atoms with Crippen molar-refractivity contribution in [1.29, 1.82) is 0 Å². The van der Waals surface area contributed by atoms with Crippen LogP contribution in [0.25, 0.3) is 0 Å². The molecule has 0 fully saturated rings. The quantitative estimate of drug-likeness (QED) is 0.636. The van der Waals surface area contributed by atoms with Gasteiger partial charge in [-0.3, -0.25) is 5.32 Å². The molecule has 1 aromatic carbocycles. The summed E-state index contributed by atoms with van der Waals surface area (Å²) in [6.45, 7) is 5.56. The fourth-order valence-electron chi connectivity index (χ4n) is 1.11. The Hall–Kier alpha value is -1.02. The van der Waals surface area contributed by atoms with Crippen LogP contribution in [0.5, 0.6) is 5.75 Å². The number of hydrogen-bond donors (Lipinski definition) is 1. The van der Waals surface area contributed by atoms with E-state index in [-0.39, 0.29) is 0 Å². The van der Waals surface area contributed by atoms with Crippen LogP contribution in [0.4, 0.5) is 0 Å². The topological polar surface area (TPSA) is 21.3 Å². The molecule has 0 amide bonds. The largest absolute Gasteiger partial charge is 0.478 e. The third-order valence-electron chi connectivity index (χ3n) is 1.62. The van der Waals surface area contributed by atoms with Crippen LogP contribution in [-0.2, 0) is 6.54 Å². The van der Waals surface area contributed by atoms with Crippen molar-refractivity contribution in [2.24, 2.45) is 0 Å². The van der Waals surface area contributed by atoms with Crippen molar-refractivity contribution in [3.05, 3.63) is 29.8 Å². The van der Waals surface area contributed by atoms with Gasteiger partial charge in [0.05, 0.1) is 0 Å². The molecular weight excluding hydrogens is 150 g/mol. The molecule has 1 heterocycles. The summed E-state index contributed by atoms with van der Waals surface area (Å²) in [5.41, 5.74) is 1.24. The monoisotopic (exact) mass is 165 g/mol. The van der Waals surface area contributed by atoms with Crippen molar-refractivity contribution in [2.45, 2.75) is 20.4 Å². The lowest BCUT2D eigenvalue weighted by molar-refractivity contribution is 0.257. The van der Waals surface area contributed by atoms with E-state index in [2.05, 4.69) is 11.4 Å². The highest BCUT2D eigenvalue weighted by molar-refractivity contribution is 5.33. The number of benzene rings is 1. The van der Waals surface area contributed by atoms with E-state index in [1.54, 1.807) is 0 Å². The first-order valence-corrected chi connectivity index (χ1v) is 4.38. The maximum Gasteiger partial charge on any atom is 0.139 e. The van der Waals surface area contributed by atoms with Crippen LogP contribution in [0, 0.1) is 0 Å². The van der Waals surface area contributed by atoms with Crippen LogP contribution >= 0.6 is 0 Å². The Morgan fingerprint density at radius 1 is 1.25 bits per heavy atom. The van der Waals surface area contributed by atoms with Crippen LogP contribution < -0.4 is 10.1 Å². The zero-order valence-corrected chi connectivity index (χ0v) is 7.63. The molecule has 1 aliphatic heterocycles.